The summed E-state index contributed by atoms with van der Waals surface area (Å²) < 4.78 is 12.9. The normalized spacial score (nSPS) is 10.4. The Labute approximate surface area is 105 Å². The number of benzene rings is 1. The van der Waals surface area contributed by atoms with Crippen molar-refractivity contribution in [2.75, 3.05) is 13.6 Å². The third-order valence-electron chi connectivity index (χ3n) is 2.42. The number of nitrogens with two attached hydrogens (primary N) is 1. The smallest absolute Gasteiger partial charge is 0.222 e. The first-order chi connectivity index (χ1) is 8.04. The predicted molar refractivity (Wildman–Crippen MR) is 66.2 cm³/mol. The summed E-state index contributed by atoms with van der Waals surface area (Å²) in [6, 6.07) is 4.45. The molecule has 1 aromatic rings. The number of hydrogen-bond acceptors (Lipinski definition) is 2. The number of halogens is 2. The van der Waals surface area contributed by atoms with Gasteiger partial charge in [0, 0.05) is 20.0 Å². The average molecular weight is 259 g/mol. The van der Waals surface area contributed by atoms with Crippen LogP contribution < -0.4 is 5.73 Å². The maximum atomic E-state index is 12.9. The highest BCUT2D eigenvalue weighted by Gasteiger charge is 2.09. The van der Waals surface area contributed by atoms with Gasteiger partial charge in [-0.15, -0.1) is 0 Å². The van der Waals surface area contributed by atoms with Crippen molar-refractivity contribution in [2.24, 2.45) is 5.73 Å². The molecule has 0 aliphatic rings. The van der Waals surface area contributed by atoms with Crippen LogP contribution >= 0.6 is 11.6 Å². The second kappa shape index (κ2) is 6.57. The van der Waals surface area contributed by atoms with E-state index in [1.165, 1.54) is 12.1 Å². The summed E-state index contributed by atoms with van der Waals surface area (Å²) in [5.74, 6) is -0.427. The van der Waals surface area contributed by atoms with Gasteiger partial charge in [0.1, 0.15) is 5.82 Å². The van der Waals surface area contributed by atoms with Crippen molar-refractivity contribution < 1.29 is 9.18 Å². The molecule has 1 rings (SSSR count). The number of carbonyl (C=O) groups excluding carboxylic acids is 1. The van der Waals surface area contributed by atoms with E-state index in [0.29, 0.717) is 25.9 Å². The standard InChI is InChI=1S/C12H16ClFN2O/c1-16(12(17)3-2-6-15)8-9-4-5-11(14)10(13)7-9/h4-5,7H,2-3,6,8,15H2,1H3. The fraction of sp³-hybridized carbons (Fsp3) is 0.417. The molecule has 3 nitrogen and oxygen atoms in total. The maximum Gasteiger partial charge on any atom is 0.222 e. The SMILES string of the molecule is CN(Cc1ccc(F)c(Cl)c1)C(=O)CCCN. The molecule has 0 fully saturated rings. The third-order valence-corrected chi connectivity index (χ3v) is 2.71. The first-order valence-electron chi connectivity index (χ1n) is 5.42. The van der Waals surface area contributed by atoms with Crippen molar-refractivity contribution >= 4 is 17.5 Å². The van der Waals surface area contributed by atoms with Gasteiger partial charge in [-0.1, -0.05) is 17.7 Å². The van der Waals surface area contributed by atoms with Gasteiger partial charge in [-0.2, -0.15) is 0 Å². The van der Waals surface area contributed by atoms with E-state index in [1.807, 2.05) is 0 Å². The van der Waals surface area contributed by atoms with Crippen LogP contribution in [0.4, 0.5) is 4.39 Å². The Morgan fingerprint density at radius 3 is 2.82 bits per heavy atom. The average Bonchev–Trinajstić information content (AvgIpc) is 2.30. The van der Waals surface area contributed by atoms with Crippen LogP contribution in [0.3, 0.4) is 0 Å². The van der Waals surface area contributed by atoms with E-state index in [2.05, 4.69) is 0 Å². The Bertz CT molecular complexity index is 398. The van der Waals surface area contributed by atoms with Crippen molar-refractivity contribution in [3.8, 4) is 0 Å². The number of carbonyl (C=O) groups is 1. The zero-order valence-corrected chi connectivity index (χ0v) is 10.5. The van der Waals surface area contributed by atoms with E-state index in [0.717, 1.165) is 5.56 Å². The minimum atomic E-state index is -0.451. The molecular formula is C12H16ClFN2O. The predicted octanol–water partition coefficient (Wildman–Crippen LogP) is 2.18. The molecule has 0 spiro atoms. The van der Waals surface area contributed by atoms with Crippen molar-refractivity contribution in [1.29, 1.82) is 0 Å². The quantitative estimate of drug-likeness (QED) is 0.880. The van der Waals surface area contributed by atoms with Crippen LogP contribution in [0.25, 0.3) is 0 Å². The molecule has 2 N–H and O–H groups in total. The molecule has 0 unspecified atom stereocenters. The molecular weight excluding hydrogens is 243 g/mol. The van der Waals surface area contributed by atoms with Crippen LogP contribution in [0.1, 0.15) is 18.4 Å². The lowest BCUT2D eigenvalue weighted by Crippen LogP contribution is -2.26. The van der Waals surface area contributed by atoms with Crippen molar-refractivity contribution in [2.45, 2.75) is 19.4 Å². The highest BCUT2D eigenvalue weighted by atomic mass is 35.5. The summed E-state index contributed by atoms with van der Waals surface area (Å²) in [5.41, 5.74) is 6.14. The summed E-state index contributed by atoms with van der Waals surface area (Å²) >= 11 is 5.67. The highest BCUT2D eigenvalue weighted by Crippen LogP contribution is 2.17. The first kappa shape index (κ1) is 13.9. The Morgan fingerprint density at radius 1 is 1.53 bits per heavy atom. The third kappa shape index (κ3) is 4.32. The summed E-state index contributed by atoms with van der Waals surface area (Å²) in [6.07, 6.45) is 1.11. The number of hydrogen-bond donors (Lipinski definition) is 1. The maximum absolute atomic E-state index is 12.9. The van der Waals surface area contributed by atoms with E-state index in [-0.39, 0.29) is 10.9 Å². The van der Waals surface area contributed by atoms with E-state index in [4.69, 9.17) is 17.3 Å². The zero-order chi connectivity index (χ0) is 12.8. The summed E-state index contributed by atoms with van der Waals surface area (Å²) in [5, 5.41) is 0.0744. The number of nitrogens with zero attached hydrogens (tertiary/aromatic N) is 1. The highest BCUT2D eigenvalue weighted by molar-refractivity contribution is 6.30. The van der Waals surface area contributed by atoms with Gasteiger partial charge in [-0.3, -0.25) is 4.79 Å². The van der Waals surface area contributed by atoms with Gasteiger partial charge >= 0.3 is 0 Å². The molecule has 17 heavy (non-hydrogen) atoms. The van der Waals surface area contributed by atoms with E-state index in [9.17, 15) is 9.18 Å². The summed E-state index contributed by atoms with van der Waals surface area (Å²) in [7, 11) is 1.70. The Morgan fingerprint density at radius 2 is 2.24 bits per heavy atom. The largest absolute Gasteiger partial charge is 0.341 e. The van der Waals surface area contributed by atoms with Crippen LogP contribution in [-0.2, 0) is 11.3 Å². The van der Waals surface area contributed by atoms with Gasteiger partial charge in [0.2, 0.25) is 5.91 Å². The fourth-order valence-corrected chi connectivity index (χ4v) is 1.65. The van der Waals surface area contributed by atoms with Crippen LogP contribution in [0, 0.1) is 5.82 Å². The Balaban J connectivity index is 2.58. The van der Waals surface area contributed by atoms with Crippen molar-refractivity contribution in [3.63, 3.8) is 0 Å². The molecule has 0 aliphatic heterocycles. The lowest BCUT2D eigenvalue weighted by atomic mass is 10.2. The molecule has 0 bridgehead atoms. The molecule has 1 amide bonds. The zero-order valence-electron chi connectivity index (χ0n) is 9.75. The molecule has 94 valence electrons. The van der Waals surface area contributed by atoms with Crippen LogP contribution in [0.5, 0.6) is 0 Å². The summed E-state index contributed by atoms with van der Waals surface area (Å²) in [6.45, 7) is 0.922. The van der Waals surface area contributed by atoms with Crippen molar-refractivity contribution in [3.05, 3.63) is 34.6 Å². The fourth-order valence-electron chi connectivity index (χ4n) is 1.44. The van der Waals surface area contributed by atoms with Gasteiger partial charge in [0.05, 0.1) is 5.02 Å². The van der Waals surface area contributed by atoms with E-state index < -0.39 is 5.82 Å². The van der Waals surface area contributed by atoms with Crippen LogP contribution in [0.2, 0.25) is 5.02 Å². The second-order valence-corrected chi connectivity index (χ2v) is 4.30. The number of amides is 1. The minimum Gasteiger partial charge on any atom is -0.341 e. The topological polar surface area (TPSA) is 46.3 Å². The molecule has 0 aromatic heterocycles. The molecule has 0 saturated heterocycles. The van der Waals surface area contributed by atoms with Gasteiger partial charge in [0.15, 0.2) is 0 Å². The van der Waals surface area contributed by atoms with Gasteiger partial charge in [-0.05, 0) is 30.7 Å². The molecule has 0 radical (unpaired) electrons. The van der Waals surface area contributed by atoms with E-state index in [1.54, 1.807) is 18.0 Å². The van der Waals surface area contributed by atoms with Gasteiger partial charge in [-0.25, -0.2) is 4.39 Å². The lowest BCUT2D eigenvalue weighted by molar-refractivity contribution is -0.130. The first-order valence-corrected chi connectivity index (χ1v) is 5.80. The number of rotatable bonds is 5. The molecule has 5 heteroatoms. The molecule has 0 atom stereocenters. The monoisotopic (exact) mass is 258 g/mol. The molecule has 0 saturated carbocycles. The van der Waals surface area contributed by atoms with Crippen molar-refractivity contribution in [1.82, 2.24) is 4.90 Å². The van der Waals surface area contributed by atoms with Crippen LogP contribution in [0.15, 0.2) is 18.2 Å². The van der Waals surface area contributed by atoms with Gasteiger partial charge in [0.25, 0.3) is 0 Å². The lowest BCUT2D eigenvalue weighted by Gasteiger charge is -2.17. The second-order valence-electron chi connectivity index (χ2n) is 3.89. The Hall–Kier alpha value is -1.13. The molecule has 0 heterocycles. The minimum absolute atomic E-state index is 0.0240. The molecule has 1 aromatic carbocycles. The summed E-state index contributed by atoms with van der Waals surface area (Å²) in [4.78, 5) is 13.2. The Kier molecular flexibility index (Phi) is 5.38. The van der Waals surface area contributed by atoms with E-state index >= 15 is 0 Å². The molecule has 0 aliphatic carbocycles. The van der Waals surface area contributed by atoms with Gasteiger partial charge < -0.3 is 10.6 Å². The van der Waals surface area contributed by atoms with Crippen LogP contribution in [-0.4, -0.2) is 24.4 Å².